The summed E-state index contributed by atoms with van der Waals surface area (Å²) in [5, 5.41) is 10.8. The molecule has 0 aromatic heterocycles. The van der Waals surface area contributed by atoms with E-state index in [-0.39, 0.29) is 11.8 Å². The smallest absolute Gasteiger partial charge is 0.338 e. The van der Waals surface area contributed by atoms with Gasteiger partial charge < -0.3 is 9.84 Å². The van der Waals surface area contributed by atoms with E-state index in [1.165, 1.54) is 18.2 Å². The summed E-state index contributed by atoms with van der Waals surface area (Å²) in [6, 6.07) is 8.26. The van der Waals surface area contributed by atoms with Crippen molar-refractivity contribution in [3.63, 3.8) is 0 Å². The lowest BCUT2D eigenvalue weighted by Gasteiger charge is -2.30. The van der Waals surface area contributed by atoms with Crippen LogP contribution in [0.2, 0.25) is 0 Å². The van der Waals surface area contributed by atoms with E-state index in [0.717, 1.165) is 25.7 Å². The second-order valence-electron chi connectivity index (χ2n) is 5.47. The first-order chi connectivity index (χ1) is 8.66. The van der Waals surface area contributed by atoms with E-state index in [1.54, 1.807) is 0 Å². The van der Waals surface area contributed by atoms with E-state index in [2.05, 4.69) is 12.1 Å². The molecule has 0 radical (unpaired) electrons. The predicted octanol–water partition coefficient (Wildman–Crippen LogP) is 1.72. The minimum atomic E-state index is -1.28. The molecule has 96 valence electrons. The summed E-state index contributed by atoms with van der Waals surface area (Å²) in [5.41, 5.74) is 1.26. The maximum atomic E-state index is 12.0. The third kappa shape index (κ3) is 1.50. The Morgan fingerprint density at radius 1 is 1.22 bits per heavy atom. The summed E-state index contributed by atoms with van der Waals surface area (Å²) in [4.78, 5) is 12.0. The third-order valence-corrected chi connectivity index (χ3v) is 4.67. The standard InChI is InChI=1S/C15H18O3/c1-18-14(16)15(17)12-6-7-13(15)9-11-5-3-2-4-10(11)8-12/h2-5,12-13,17H,6-9H2,1H3. The Kier molecular flexibility index (Phi) is 2.67. The van der Waals surface area contributed by atoms with Crippen LogP contribution in [-0.2, 0) is 22.4 Å². The summed E-state index contributed by atoms with van der Waals surface area (Å²) >= 11 is 0. The van der Waals surface area contributed by atoms with Crippen molar-refractivity contribution in [2.24, 2.45) is 11.8 Å². The SMILES string of the molecule is COC(=O)C1(O)C2CCC1Cc1ccccc1C2. The van der Waals surface area contributed by atoms with Crippen molar-refractivity contribution in [3.05, 3.63) is 35.4 Å². The zero-order chi connectivity index (χ0) is 12.8. The van der Waals surface area contributed by atoms with Crippen molar-refractivity contribution in [3.8, 4) is 0 Å². The van der Waals surface area contributed by atoms with Gasteiger partial charge in [0.15, 0.2) is 5.60 Å². The van der Waals surface area contributed by atoms with Crippen LogP contribution in [0.15, 0.2) is 24.3 Å². The number of carbonyl (C=O) groups excluding carboxylic acids is 1. The monoisotopic (exact) mass is 246 g/mol. The summed E-state index contributed by atoms with van der Waals surface area (Å²) in [7, 11) is 1.36. The molecule has 2 unspecified atom stereocenters. The number of fused-ring (bicyclic) bond motifs is 3. The average Bonchev–Trinajstić information content (AvgIpc) is 2.61. The minimum Gasteiger partial charge on any atom is -0.467 e. The molecule has 3 heteroatoms. The molecule has 3 rings (SSSR count). The van der Waals surface area contributed by atoms with E-state index in [1.807, 2.05) is 12.1 Å². The minimum absolute atomic E-state index is 0.00130. The zero-order valence-corrected chi connectivity index (χ0v) is 10.6. The van der Waals surface area contributed by atoms with Crippen molar-refractivity contribution in [1.82, 2.24) is 0 Å². The molecule has 2 atom stereocenters. The van der Waals surface area contributed by atoms with Crippen molar-refractivity contribution in [2.45, 2.75) is 31.3 Å². The second-order valence-corrected chi connectivity index (χ2v) is 5.47. The van der Waals surface area contributed by atoms with Gasteiger partial charge in [-0.15, -0.1) is 0 Å². The highest BCUT2D eigenvalue weighted by Gasteiger charge is 2.56. The topological polar surface area (TPSA) is 46.5 Å². The van der Waals surface area contributed by atoms with Crippen molar-refractivity contribution >= 4 is 5.97 Å². The fourth-order valence-corrected chi connectivity index (χ4v) is 3.67. The molecule has 2 aliphatic carbocycles. The van der Waals surface area contributed by atoms with Gasteiger partial charge in [0, 0.05) is 11.8 Å². The van der Waals surface area contributed by atoms with Gasteiger partial charge in [-0.3, -0.25) is 0 Å². The number of ether oxygens (including phenoxy) is 1. The molecule has 1 saturated carbocycles. The molecule has 0 spiro atoms. The van der Waals surface area contributed by atoms with Crippen LogP contribution < -0.4 is 0 Å². The quantitative estimate of drug-likeness (QED) is 0.767. The molecule has 2 aliphatic rings. The second kappa shape index (κ2) is 4.09. The van der Waals surface area contributed by atoms with Crippen molar-refractivity contribution < 1.29 is 14.6 Å². The van der Waals surface area contributed by atoms with Crippen LogP contribution in [0.1, 0.15) is 24.0 Å². The molecule has 18 heavy (non-hydrogen) atoms. The van der Waals surface area contributed by atoms with Gasteiger partial charge in [0.25, 0.3) is 0 Å². The van der Waals surface area contributed by atoms with Gasteiger partial charge in [-0.2, -0.15) is 0 Å². The van der Waals surface area contributed by atoms with Gasteiger partial charge in [-0.1, -0.05) is 24.3 Å². The molecular formula is C15H18O3. The molecule has 1 fully saturated rings. The summed E-state index contributed by atoms with van der Waals surface area (Å²) in [5.74, 6) is -0.458. The van der Waals surface area contributed by atoms with Gasteiger partial charge in [0.2, 0.25) is 0 Å². The molecule has 3 nitrogen and oxygen atoms in total. The molecule has 0 saturated heterocycles. The van der Waals surface area contributed by atoms with E-state index >= 15 is 0 Å². The van der Waals surface area contributed by atoms with Gasteiger partial charge in [0.05, 0.1) is 7.11 Å². The number of esters is 1. The fraction of sp³-hybridized carbons (Fsp3) is 0.533. The Morgan fingerprint density at radius 3 is 2.17 bits per heavy atom. The number of hydrogen-bond acceptors (Lipinski definition) is 3. The fourth-order valence-electron chi connectivity index (χ4n) is 3.67. The van der Waals surface area contributed by atoms with E-state index in [4.69, 9.17) is 4.74 Å². The highest BCUT2D eigenvalue weighted by atomic mass is 16.5. The Bertz CT molecular complexity index is 447. The highest BCUT2D eigenvalue weighted by molar-refractivity contribution is 5.81. The lowest BCUT2D eigenvalue weighted by atomic mass is 9.82. The number of benzene rings is 1. The van der Waals surface area contributed by atoms with Crippen LogP contribution in [-0.4, -0.2) is 23.8 Å². The van der Waals surface area contributed by atoms with E-state index in [0.29, 0.717) is 0 Å². The molecule has 1 N–H and O–H groups in total. The summed E-state index contributed by atoms with van der Waals surface area (Å²) < 4.78 is 4.84. The van der Waals surface area contributed by atoms with Crippen LogP contribution in [0.4, 0.5) is 0 Å². The normalized spacial score (nSPS) is 33.7. The van der Waals surface area contributed by atoms with Crippen LogP contribution >= 0.6 is 0 Å². The van der Waals surface area contributed by atoms with Crippen molar-refractivity contribution in [1.29, 1.82) is 0 Å². The zero-order valence-electron chi connectivity index (χ0n) is 10.6. The Labute approximate surface area is 107 Å². The first-order valence-electron chi connectivity index (χ1n) is 6.53. The predicted molar refractivity (Wildman–Crippen MR) is 67.0 cm³/mol. The number of rotatable bonds is 1. The average molecular weight is 246 g/mol. The molecule has 0 amide bonds. The van der Waals surface area contributed by atoms with Crippen LogP contribution in [0, 0.1) is 11.8 Å². The van der Waals surface area contributed by atoms with Gasteiger partial charge >= 0.3 is 5.97 Å². The maximum absolute atomic E-state index is 12.0. The van der Waals surface area contributed by atoms with Gasteiger partial charge in [-0.25, -0.2) is 4.79 Å². The maximum Gasteiger partial charge on any atom is 0.338 e. The Hall–Kier alpha value is -1.35. The molecule has 0 aliphatic heterocycles. The van der Waals surface area contributed by atoms with Crippen LogP contribution in [0.25, 0.3) is 0 Å². The lowest BCUT2D eigenvalue weighted by Crippen LogP contribution is -2.48. The summed E-state index contributed by atoms with van der Waals surface area (Å²) in [6.45, 7) is 0. The largest absolute Gasteiger partial charge is 0.467 e. The molecule has 2 bridgehead atoms. The lowest BCUT2D eigenvalue weighted by molar-refractivity contribution is -0.171. The van der Waals surface area contributed by atoms with Crippen LogP contribution in [0.3, 0.4) is 0 Å². The summed E-state index contributed by atoms with van der Waals surface area (Å²) in [6.07, 6.45) is 3.37. The number of aliphatic hydroxyl groups is 1. The molecular weight excluding hydrogens is 228 g/mol. The first-order valence-corrected chi connectivity index (χ1v) is 6.53. The van der Waals surface area contributed by atoms with E-state index in [9.17, 15) is 9.90 Å². The number of carbonyl (C=O) groups is 1. The number of methoxy groups -OCH3 is 1. The van der Waals surface area contributed by atoms with E-state index < -0.39 is 11.6 Å². The van der Waals surface area contributed by atoms with Gasteiger partial charge in [0.1, 0.15) is 0 Å². The Morgan fingerprint density at radius 2 is 1.72 bits per heavy atom. The Balaban J connectivity index is 2.03. The molecule has 1 aromatic rings. The first kappa shape index (κ1) is 11.7. The highest BCUT2D eigenvalue weighted by Crippen LogP contribution is 2.47. The number of hydrogen-bond donors (Lipinski definition) is 1. The molecule has 1 aromatic carbocycles. The van der Waals surface area contributed by atoms with Crippen molar-refractivity contribution in [2.75, 3.05) is 7.11 Å². The van der Waals surface area contributed by atoms with Gasteiger partial charge in [-0.05, 0) is 36.8 Å². The molecule has 0 heterocycles. The third-order valence-electron chi connectivity index (χ3n) is 4.67. The van der Waals surface area contributed by atoms with Crippen LogP contribution in [0.5, 0.6) is 0 Å².